The van der Waals surface area contributed by atoms with Crippen LogP contribution >= 0.6 is 0 Å². The van der Waals surface area contributed by atoms with Gasteiger partial charge < -0.3 is 14.2 Å². The molecular formula is C74H128O6. The van der Waals surface area contributed by atoms with Crippen molar-refractivity contribution in [3.8, 4) is 0 Å². The SMILES string of the molecule is CC/C=C\C/C=C\C/C=C\C/C=C\C/C=C\CCCCCCCCCCCCCCCCCC(=O)OCC(COC(=O)CCCCCCC/C=C\CCCCC)OC(=O)CCCCCCCCCCC/C=C\C/C=C\CCCCC. The lowest BCUT2D eigenvalue weighted by molar-refractivity contribution is -0.167. The van der Waals surface area contributed by atoms with Crippen LogP contribution in [0.3, 0.4) is 0 Å². The molecule has 0 saturated carbocycles. The second-order valence-electron chi connectivity index (χ2n) is 22.7. The zero-order chi connectivity index (χ0) is 57.8. The molecule has 6 heteroatoms. The van der Waals surface area contributed by atoms with Crippen LogP contribution in [0.25, 0.3) is 0 Å². The van der Waals surface area contributed by atoms with Gasteiger partial charge in [0.2, 0.25) is 0 Å². The molecule has 0 rings (SSSR count). The Kier molecular flexibility index (Phi) is 64.7. The Labute approximate surface area is 496 Å². The van der Waals surface area contributed by atoms with Crippen LogP contribution in [-0.4, -0.2) is 37.2 Å². The molecule has 1 unspecified atom stereocenters. The van der Waals surface area contributed by atoms with Crippen LogP contribution in [0.2, 0.25) is 0 Å². The zero-order valence-corrected chi connectivity index (χ0v) is 52.8. The first-order valence-electron chi connectivity index (χ1n) is 34.2. The maximum Gasteiger partial charge on any atom is 0.306 e. The first-order chi connectivity index (χ1) is 39.5. The summed E-state index contributed by atoms with van der Waals surface area (Å²) in [5.41, 5.74) is 0. The van der Waals surface area contributed by atoms with E-state index < -0.39 is 6.10 Å². The van der Waals surface area contributed by atoms with Gasteiger partial charge in [0.25, 0.3) is 0 Å². The molecule has 0 aliphatic rings. The molecule has 0 spiro atoms. The standard InChI is InChI=1S/C74H128O6/c1-4-7-10-13-16-19-22-25-27-29-31-32-33-34-35-36-37-38-39-40-41-42-44-45-47-49-52-55-58-61-64-67-73(76)79-70-71(69-78-72(75)66-63-60-57-54-51-24-21-18-15-12-9-6-3)80-74(77)68-65-62-59-56-53-50-48-46-43-30-28-26-23-20-17-14-11-8-5-2/h7,10,16-21,25-28,31-32,34-35,71H,4-6,8-9,11-15,22-24,29-30,33,36-70H2,1-3H3/b10-7-,19-16-,20-17-,21-18-,27-25-,28-26-,32-31-,35-34-. The van der Waals surface area contributed by atoms with Gasteiger partial charge in [-0.2, -0.15) is 0 Å². The van der Waals surface area contributed by atoms with Gasteiger partial charge in [-0.15, -0.1) is 0 Å². The van der Waals surface area contributed by atoms with Crippen LogP contribution < -0.4 is 0 Å². The fourth-order valence-corrected chi connectivity index (χ4v) is 9.67. The van der Waals surface area contributed by atoms with Gasteiger partial charge in [0.1, 0.15) is 13.2 Å². The largest absolute Gasteiger partial charge is 0.462 e. The summed E-state index contributed by atoms with van der Waals surface area (Å²) in [5.74, 6) is -0.879. The molecule has 0 radical (unpaired) electrons. The number of carbonyl (C=O) groups excluding carboxylic acids is 3. The van der Waals surface area contributed by atoms with Gasteiger partial charge in [-0.3, -0.25) is 14.4 Å². The molecule has 6 nitrogen and oxygen atoms in total. The highest BCUT2D eigenvalue weighted by Crippen LogP contribution is 2.17. The molecule has 0 aromatic rings. The van der Waals surface area contributed by atoms with Crippen molar-refractivity contribution in [2.75, 3.05) is 13.2 Å². The van der Waals surface area contributed by atoms with Gasteiger partial charge in [0.05, 0.1) is 0 Å². The summed E-state index contributed by atoms with van der Waals surface area (Å²) in [4.78, 5) is 38.3. The quantitative estimate of drug-likeness (QED) is 0.0261. The molecule has 0 aromatic heterocycles. The minimum absolute atomic E-state index is 0.0792. The second-order valence-corrected chi connectivity index (χ2v) is 22.7. The minimum atomic E-state index is -0.783. The Morgan fingerprint density at radius 1 is 0.263 bits per heavy atom. The number of ether oxygens (including phenoxy) is 3. The maximum atomic E-state index is 12.9. The monoisotopic (exact) mass is 1110 g/mol. The van der Waals surface area contributed by atoms with Gasteiger partial charge in [0, 0.05) is 19.3 Å². The topological polar surface area (TPSA) is 78.9 Å². The van der Waals surface area contributed by atoms with E-state index in [1.165, 1.54) is 193 Å². The summed E-state index contributed by atoms with van der Waals surface area (Å²) in [6.45, 7) is 6.50. The molecule has 1 atom stereocenters. The molecular weight excluding hydrogens is 985 g/mol. The predicted molar refractivity (Wildman–Crippen MR) is 348 cm³/mol. The first kappa shape index (κ1) is 76.3. The molecule has 0 aromatic carbocycles. The van der Waals surface area contributed by atoms with Crippen LogP contribution in [0.1, 0.15) is 335 Å². The predicted octanol–water partition coefficient (Wildman–Crippen LogP) is 23.6. The van der Waals surface area contributed by atoms with Crippen LogP contribution in [0.4, 0.5) is 0 Å². The van der Waals surface area contributed by atoms with E-state index in [2.05, 4.69) is 118 Å². The molecule has 0 aliphatic heterocycles. The Hall–Kier alpha value is -3.67. The van der Waals surface area contributed by atoms with E-state index in [9.17, 15) is 14.4 Å². The number of esters is 3. The minimum Gasteiger partial charge on any atom is -0.462 e. The number of carbonyl (C=O) groups is 3. The molecule has 460 valence electrons. The van der Waals surface area contributed by atoms with Crippen molar-refractivity contribution in [3.63, 3.8) is 0 Å². The molecule has 80 heavy (non-hydrogen) atoms. The first-order valence-corrected chi connectivity index (χ1v) is 34.2. The fourth-order valence-electron chi connectivity index (χ4n) is 9.67. The van der Waals surface area contributed by atoms with Crippen LogP contribution in [0.15, 0.2) is 97.2 Å². The molecule has 0 N–H and O–H groups in total. The smallest absolute Gasteiger partial charge is 0.306 e. The van der Waals surface area contributed by atoms with E-state index in [0.717, 1.165) is 103 Å². The molecule has 0 heterocycles. The summed E-state index contributed by atoms with van der Waals surface area (Å²) >= 11 is 0. The normalized spacial score (nSPS) is 12.7. The lowest BCUT2D eigenvalue weighted by Crippen LogP contribution is -2.30. The van der Waals surface area contributed by atoms with E-state index in [1.54, 1.807) is 0 Å². The third-order valence-electron chi connectivity index (χ3n) is 14.8. The van der Waals surface area contributed by atoms with Gasteiger partial charge in [0.15, 0.2) is 6.10 Å². The number of rotatable bonds is 62. The number of allylic oxidation sites excluding steroid dienone is 16. The summed E-state index contributed by atoms with van der Waals surface area (Å²) < 4.78 is 16.9. The summed E-state index contributed by atoms with van der Waals surface area (Å²) in [6.07, 6.45) is 91.4. The lowest BCUT2D eigenvalue weighted by Gasteiger charge is -2.18. The Bertz CT molecular complexity index is 1560. The van der Waals surface area contributed by atoms with Crippen molar-refractivity contribution in [2.45, 2.75) is 341 Å². The van der Waals surface area contributed by atoms with E-state index in [4.69, 9.17) is 14.2 Å². The van der Waals surface area contributed by atoms with Crippen molar-refractivity contribution < 1.29 is 28.6 Å². The summed E-state index contributed by atoms with van der Waals surface area (Å²) in [6, 6.07) is 0. The molecule has 0 saturated heterocycles. The number of hydrogen-bond acceptors (Lipinski definition) is 6. The van der Waals surface area contributed by atoms with Crippen LogP contribution in [-0.2, 0) is 28.6 Å². The Morgan fingerprint density at radius 2 is 0.487 bits per heavy atom. The van der Waals surface area contributed by atoms with Crippen molar-refractivity contribution in [2.24, 2.45) is 0 Å². The van der Waals surface area contributed by atoms with Crippen molar-refractivity contribution in [1.29, 1.82) is 0 Å². The summed E-state index contributed by atoms with van der Waals surface area (Å²) in [5, 5.41) is 0. The maximum absolute atomic E-state index is 12.9. The zero-order valence-electron chi connectivity index (χ0n) is 52.8. The van der Waals surface area contributed by atoms with E-state index in [0.29, 0.717) is 19.3 Å². The summed E-state index contributed by atoms with van der Waals surface area (Å²) in [7, 11) is 0. The highest BCUT2D eigenvalue weighted by Gasteiger charge is 2.19. The van der Waals surface area contributed by atoms with Crippen LogP contribution in [0.5, 0.6) is 0 Å². The fraction of sp³-hybridized carbons (Fsp3) is 0.743. The average Bonchev–Trinajstić information content (AvgIpc) is 3.46. The van der Waals surface area contributed by atoms with Crippen molar-refractivity contribution in [1.82, 2.24) is 0 Å². The molecule has 0 aliphatic carbocycles. The van der Waals surface area contributed by atoms with E-state index >= 15 is 0 Å². The average molecular weight is 1110 g/mol. The van der Waals surface area contributed by atoms with Gasteiger partial charge in [-0.25, -0.2) is 0 Å². The number of hydrogen-bond donors (Lipinski definition) is 0. The van der Waals surface area contributed by atoms with Crippen LogP contribution in [0, 0.1) is 0 Å². The molecule has 0 fully saturated rings. The van der Waals surface area contributed by atoms with Crippen molar-refractivity contribution >= 4 is 17.9 Å². The third kappa shape index (κ3) is 65.1. The lowest BCUT2D eigenvalue weighted by atomic mass is 10.0. The highest BCUT2D eigenvalue weighted by molar-refractivity contribution is 5.71. The molecule has 0 amide bonds. The van der Waals surface area contributed by atoms with E-state index in [1.807, 2.05) is 0 Å². The number of unbranched alkanes of at least 4 members (excludes halogenated alkanes) is 35. The second kappa shape index (κ2) is 67.8. The molecule has 0 bridgehead atoms. The Balaban J connectivity index is 4.21. The Morgan fingerprint density at radius 3 is 0.775 bits per heavy atom. The van der Waals surface area contributed by atoms with Gasteiger partial charge in [-0.1, -0.05) is 291 Å². The third-order valence-corrected chi connectivity index (χ3v) is 14.8. The van der Waals surface area contributed by atoms with Crippen molar-refractivity contribution in [3.05, 3.63) is 97.2 Å². The highest BCUT2D eigenvalue weighted by atomic mass is 16.6. The van der Waals surface area contributed by atoms with E-state index in [-0.39, 0.29) is 31.1 Å². The van der Waals surface area contributed by atoms with Gasteiger partial charge >= 0.3 is 17.9 Å². The van der Waals surface area contributed by atoms with Gasteiger partial charge in [-0.05, 0) is 122 Å².